The van der Waals surface area contributed by atoms with Crippen LogP contribution in [0.5, 0.6) is 0 Å². The summed E-state index contributed by atoms with van der Waals surface area (Å²) in [5.74, 6) is 7.42. The van der Waals surface area contributed by atoms with Crippen molar-refractivity contribution in [1.82, 2.24) is 120 Å². The van der Waals surface area contributed by atoms with Crippen molar-refractivity contribution in [2.24, 2.45) is 0 Å². The summed E-state index contributed by atoms with van der Waals surface area (Å²) in [5, 5.41) is 0. The number of nitrogens with zero attached hydrogens (tertiary/aromatic N) is 24. The van der Waals surface area contributed by atoms with Gasteiger partial charge in [-0.2, -0.15) is 0 Å². The number of hydrogen-bond acceptors (Lipinski definition) is 24. The molecular weight excluding hydrogens is 1300 g/mol. The standard InChI is InChI=1S/C11H10N2.6C10H9N3.C9H8N4/c1-9-12-8-7-11(13-9)10-5-3-2-4-6-10;1-8-2-7-12-10(13-8)9-3-5-11-6-4-9;1-8-12-7-4-10(13-8)9-2-5-11-6-3-9;1-8-12-6-4-10(13-8)9-3-2-5-11-7-9;1-8-4-6-12-10(13-8)9-3-2-5-11-7-9;1-8-11-7-5-10(13-8)9-4-2-3-6-12-9;1-8-11-7-12-10(13-8)9-5-3-2-4-6-9;1-7-11-6-12-9(13-7)8-4-2-3-5-10-8/h2-8H,1H3;6*2-7H,1H3;2-6H,1H3. The molecule has 16 rings (SSSR count). The highest BCUT2D eigenvalue weighted by Gasteiger charge is 2.06. The maximum Gasteiger partial charge on any atom is 0.181 e. The van der Waals surface area contributed by atoms with Crippen molar-refractivity contribution in [3.8, 4) is 90.8 Å². The first-order chi connectivity index (χ1) is 50.9. The van der Waals surface area contributed by atoms with Gasteiger partial charge < -0.3 is 0 Å². The summed E-state index contributed by atoms with van der Waals surface area (Å²) in [4.78, 5) is 98.9. The Kier molecular flexibility index (Phi) is 29.0. The topological polar surface area (TPSA) is 309 Å². The summed E-state index contributed by atoms with van der Waals surface area (Å²) in [6, 6.07) is 58.0. The first kappa shape index (κ1) is 74.1. The van der Waals surface area contributed by atoms with Crippen molar-refractivity contribution in [1.29, 1.82) is 0 Å². The molecule has 0 amide bonds. The summed E-state index contributed by atoms with van der Waals surface area (Å²) in [6.45, 7) is 15.1. The summed E-state index contributed by atoms with van der Waals surface area (Å²) in [5.41, 5.74) is 13.5. The van der Waals surface area contributed by atoms with E-state index in [0.717, 1.165) is 126 Å². The molecule has 14 heterocycles. The van der Waals surface area contributed by atoms with Crippen LogP contribution in [-0.4, -0.2) is 120 Å². The Hall–Kier alpha value is -14.2. The first-order valence-electron chi connectivity index (χ1n) is 32.5. The van der Waals surface area contributed by atoms with E-state index in [1.807, 2.05) is 237 Å². The van der Waals surface area contributed by atoms with Gasteiger partial charge in [0.1, 0.15) is 53.3 Å². The molecule has 24 nitrogen and oxygen atoms in total. The summed E-state index contributed by atoms with van der Waals surface area (Å²) < 4.78 is 0. The quantitative estimate of drug-likeness (QED) is 0.136. The second kappa shape index (κ2) is 40.7. The van der Waals surface area contributed by atoms with Gasteiger partial charge in [0.05, 0.1) is 28.5 Å². The molecule has 0 fully saturated rings. The van der Waals surface area contributed by atoms with Gasteiger partial charge in [-0.15, -0.1) is 0 Å². The molecule has 14 aromatic heterocycles. The van der Waals surface area contributed by atoms with Gasteiger partial charge in [0, 0.05) is 144 Å². The Morgan fingerprint density at radius 3 is 0.981 bits per heavy atom. The molecule has 2 aromatic carbocycles. The molecule has 0 aliphatic rings. The molecule has 0 saturated carbocycles. The third-order valence-electron chi connectivity index (χ3n) is 13.8. The van der Waals surface area contributed by atoms with Crippen LogP contribution >= 0.6 is 0 Å². The Morgan fingerprint density at radius 2 is 0.529 bits per heavy atom. The maximum atomic E-state index is 4.33. The van der Waals surface area contributed by atoms with Crippen molar-refractivity contribution in [2.75, 3.05) is 0 Å². The predicted octanol–water partition coefficient (Wildman–Crippen LogP) is 14.8. The SMILES string of the molecule is Cc1ccnc(-c2cccnc2)n1.Cc1ccnc(-c2ccncc2)n1.Cc1nccc(-c2ccccc2)n1.Cc1nccc(-c2ccccn2)n1.Cc1nccc(-c2cccnc2)n1.Cc1nccc(-c2ccncc2)n1.Cc1ncnc(-c2ccccc2)n1.Cc1ncnc(-c2ccccn2)n1. The minimum absolute atomic E-state index is 0.619. The molecular formula is C80H72N24. The van der Waals surface area contributed by atoms with E-state index < -0.39 is 0 Å². The number of aromatic nitrogens is 24. The first-order valence-corrected chi connectivity index (χ1v) is 32.5. The van der Waals surface area contributed by atoms with Gasteiger partial charge in [-0.25, -0.2) is 89.7 Å². The van der Waals surface area contributed by atoms with Gasteiger partial charge in [0.25, 0.3) is 0 Å². The molecule has 0 atom stereocenters. The zero-order valence-electron chi connectivity index (χ0n) is 58.4. The number of benzene rings is 2. The zero-order valence-corrected chi connectivity index (χ0v) is 58.4. The average Bonchev–Trinajstić information content (AvgIpc) is 0.973. The summed E-state index contributed by atoms with van der Waals surface area (Å²) >= 11 is 0. The molecule has 0 radical (unpaired) electrons. The number of aryl methyl sites for hydroxylation is 8. The third-order valence-corrected chi connectivity index (χ3v) is 13.8. The highest BCUT2D eigenvalue weighted by atomic mass is 15.0. The Bertz CT molecular complexity index is 4160. The fourth-order valence-electron chi connectivity index (χ4n) is 8.88. The molecule has 104 heavy (non-hydrogen) atoms. The minimum Gasteiger partial charge on any atom is -0.265 e. The molecule has 0 spiro atoms. The lowest BCUT2D eigenvalue weighted by Gasteiger charge is -1.99. The maximum absolute atomic E-state index is 4.33. The second-order valence-electron chi connectivity index (χ2n) is 21.8. The van der Waals surface area contributed by atoms with E-state index in [4.69, 9.17) is 0 Å². The zero-order chi connectivity index (χ0) is 72.8. The van der Waals surface area contributed by atoms with Crippen molar-refractivity contribution >= 4 is 0 Å². The lowest BCUT2D eigenvalue weighted by molar-refractivity contribution is 0.974. The normalized spacial score (nSPS) is 9.92. The summed E-state index contributed by atoms with van der Waals surface area (Å²) in [7, 11) is 0. The number of pyridine rings is 6. The van der Waals surface area contributed by atoms with E-state index in [0.29, 0.717) is 11.6 Å². The van der Waals surface area contributed by atoms with Crippen LogP contribution in [0.4, 0.5) is 0 Å². The lowest BCUT2D eigenvalue weighted by atomic mass is 10.1. The smallest absolute Gasteiger partial charge is 0.181 e. The van der Waals surface area contributed by atoms with Crippen LogP contribution in [0.1, 0.15) is 46.3 Å². The Morgan fingerprint density at radius 1 is 0.173 bits per heavy atom. The largest absolute Gasteiger partial charge is 0.265 e. The van der Waals surface area contributed by atoms with E-state index in [1.165, 1.54) is 12.7 Å². The fourth-order valence-corrected chi connectivity index (χ4v) is 8.88. The van der Waals surface area contributed by atoms with E-state index >= 15 is 0 Å². The highest BCUT2D eigenvalue weighted by Crippen LogP contribution is 2.19. The van der Waals surface area contributed by atoms with E-state index in [9.17, 15) is 0 Å². The van der Waals surface area contributed by atoms with Gasteiger partial charge in [-0.1, -0.05) is 72.8 Å². The van der Waals surface area contributed by atoms with Crippen LogP contribution in [0.3, 0.4) is 0 Å². The van der Waals surface area contributed by atoms with Crippen LogP contribution < -0.4 is 0 Å². The van der Waals surface area contributed by atoms with Gasteiger partial charge in [0.2, 0.25) is 0 Å². The molecule has 0 bridgehead atoms. The van der Waals surface area contributed by atoms with Crippen LogP contribution in [0, 0.1) is 55.4 Å². The predicted molar refractivity (Wildman–Crippen MR) is 400 cm³/mol. The fraction of sp³-hybridized carbons (Fsp3) is 0.100. The van der Waals surface area contributed by atoms with Crippen LogP contribution in [0.15, 0.2) is 294 Å². The lowest BCUT2D eigenvalue weighted by Crippen LogP contribution is -1.95. The highest BCUT2D eigenvalue weighted by molar-refractivity contribution is 5.60. The van der Waals surface area contributed by atoms with Gasteiger partial charge >= 0.3 is 0 Å². The van der Waals surface area contributed by atoms with Crippen molar-refractivity contribution in [2.45, 2.75) is 55.4 Å². The Labute approximate surface area is 603 Å². The number of hydrogen-bond donors (Lipinski definition) is 0. The molecule has 16 aromatic rings. The van der Waals surface area contributed by atoms with E-state index in [1.54, 1.807) is 99.1 Å². The van der Waals surface area contributed by atoms with E-state index in [2.05, 4.69) is 120 Å². The van der Waals surface area contributed by atoms with Gasteiger partial charge in [-0.3, -0.25) is 29.9 Å². The molecule has 0 aliphatic heterocycles. The third kappa shape index (κ3) is 25.3. The molecule has 0 unspecified atom stereocenters. The van der Waals surface area contributed by atoms with Crippen LogP contribution in [0.25, 0.3) is 90.8 Å². The van der Waals surface area contributed by atoms with Crippen molar-refractivity contribution in [3.63, 3.8) is 0 Å². The molecule has 0 saturated heterocycles. The second-order valence-corrected chi connectivity index (χ2v) is 21.8. The molecule has 0 N–H and O–H groups in total. The minimum atomic E-state index is 0.619. The molecule has 512 valence electrons. The van der Waals surface area contributed by atoms with E-state index in [-0.39, 0.29) is 0 Å². The van der Waals surface area contributed by atoms with Gasteiger partial charge in [-0.05, 0) is 165 Å². The average molecular weight is 1370 g/mol. The monoisotopic (exact) mass is 1370 g/mol. The number of rotatable bonds is 8. The Balaban J connectivity index is 0.000000138. The van der Waals surface area contributed by atoms with Crippen molar-refractivity contribution in [3.05, 3.63) is 340 Å². The summed E-state index contributed by atoms with van der Waals surface area (Å²) in [6.07, 6.45) is 31.1. The molecule has 0 aliphatic carbocycles. The van der Waals surface area contributed by atoms with Crippen LogP contribution in [0.2, 0.25) is 0 Å². The van der Waals surface area contributed by atoms with Crippen LogP contribution in [-0.2, 0) is 0 Å². The van der Waals surface area contributed by atoms with Crippen molar-refractivity contribution < 1.29 is 0 Å². The molecule has 24 heteroatoms. The van der Waals surface area contributed by atoms with Gasteiger partial charge in [0.15, 0.2) is 23.3 Å².